The number of hydrogen-bond acceptors (Lipinski definition) is 6. The lowest BCUT2D eigenvalue weighted by Gasteiger charge is -2.09. The summed E-state index contributed by atoms with van der Waals surface area (Å²) in [6, 6.07) is 9.96. The van der Waals surface area contributed by atoms with Gasteiger partial charge >= 0.3 is 5.97 Å². The maximum atomic E-state index is 12.1. The molecule has 2 N–H and O–H groups in total. The number of sulfone groups is 1. The second kappa shape index (κ2) is 9.18. The number of carbonyl (C=O) groups excluding carboxylic acids is 3. The van der Waals surface area contributed by atoms with Crippen molar-refractivity contribution in [3.63, 3.8) is 0 Å². The molecule has 8 nitrogen and oxygen atoms in total. The molecule has 11 heteroatoms. The Morgan fingerprint density at radius 1 is 1.07 bits per heavy atom. The first kappa shape index (κ1) is 21.9. The first-order valence-electron chi connectivity index (χ1n) is 7.59. The third-order valence-electron chi connectivity index (χ3n) is 3.34. The summed E-state index contributed by atoms with van der Waals surface area (Å²) in [6.07, 6.45) is 0.979. The van der Waals surface area contributed by atoms with Gasteiger partial charge in [-0.25, -0.2) is 13.2 Å². The Bertz CT molecular complexity index is 1020. The lowest BCUT2D eigenvalue weighted by atomic mass is 10.2. The summed E-state index contributed by atoms with van der Waals surface area (Å²) in [7, 11) is -3.55. The van der Waals surface area contributed by atoms with E-state index >= 15 is 0 Å². The molecule has 0 radical (unpaired) electrons. The Morgan fingerprint density at radius 3 is 2.32 bits per heavy atom. The van der Waals surface area contributed by atoms with E-state index in [2.05, 4.69) is 26.8 Å². The van der Waals surface area contributed by atoms with E-state index in [0.29, 0.717) is 5.56 Å². The SMILES string of the molecule is CS(=O)(=O)c1ccc(Cl)c(C(=O)OCC(=O)NNC(=O)c2ccc(Br)cc2)c1. The Morgan fingerprint density at radius 2 is 1.71 bits per heavy atom. The van der Waals surface area contributed by atoms with Crippen LogP contribution in [-0.2, 0) is 19.4 Å². The smallest absolute Gasteiger partial charge is 0.340 e. The highest BCUT2D eigenvalue weighted by molar-refractivity contribution is 9.10. The predicted molar refractivity (Wildman–Crippen MR) is 105 cm³/mol. The fourth-order valence-corrected chi connectivity index (χ4v) is 3.04. The number of ether oxygens (including phenoxy) is 1. The number of esters is 1. The first-order chi connectivity index (χ1) is 13.1. The third kappa shape index (κ3) is 6.04. The molecule has 2 amide bonds. The van der Waals surface area contributed by atoms with Crippen molar-refractivity contribution in [2.75, 3.05) is 12.9 Å². The van der Waals surface area contributed by atoms with E-state index in [9.17, 15) is 22.8 Å². The minimum absolute atomic E-state index is 0.0265. The summed E-state index contributed by atoms with van der Waals surface area (Å²) < 4.78 is 28.7. The Labute approximate surface area is 174 Å². The van der Waals surface area contributed by atoms with Crippen LogP contribution in [0.2, 0.25) is 5.02 Å². The highest BCUT2D eigenvalue weighted by Crippen LogP contribution is 2.21. The molecule has 0 bridgehead atoms. The number of hydrogen-bond donors (Lipinski definition) is 2. The zero-order chi connectivity index (χ0) is 20.9. The van der Waals surface area contributed by atoms with Crippen molar-refractivity contribution in [3.8, 4) is 0 Å². The molecule has 0 unspecified atom stereocenters. The number of nitrogens with one attached hydrogen (secondary N) is 2. The fraction of sp³-hybridized carbons (Fsp3) is 0.118. The van der Waals surface area contributed by atoms with E-state index in [1.807, 2.05) is 0 Å². The van der Waals surface area contributed by atoms with Crippen LogP contribution >= 0.6 is 27.5 Å². The number of benzene rings is 2. The second-order valence-electron chi connectivity index (χ2n) is 5.50. The maximum Gasteiger partial charge on any atom is 0.340 e. The van der Waals surface area contributed by atoms with Crippen molar-refractivity contribution < 1.29 is 27.5 Å². The standard InChI is InChI=1S/C17H14BrClN2O6S/c1-28(25,26)12-6-7-14(19)13(8-12)17(24)27-9-15(22)20-21-16(23)10-2-4-11(18)5-3-10/h2-8H,9H2,1H3,(H,20,22)(H,21,23). The molecule has 0 aliphatic rings. The number of halogens is 2. The lowest BCUT2D eigenvalue weighted by Crippen LogP contribution is -2.43. The molecular weight excluding hydrogens is 476 g/mol. The van der Waals surface area contributed by atoms with Crippen LogP contribution in [0.15, 0.2) is 51.8 Å². The molecule has 2 aromatic carbocycles. The minimum Gasteiger partial charge on any atom is -0.452 e. The molecule has 2 aromatic rings. The van der Waals surface area contributed by atoms with Crippen molar-refractivity contribution in [2.24, 2.45) is 0 Å². The Balaban J connectivity index is 1.91. The summed E-state index contributed by atoms with van der Waals surface area (Å²) in [5, 5.41) is -0.0265. The van der Waals surface area contributed by atoms with E-state index in [1.54, 1.807) is 24.3 Å². The van der Waals surface area contributed by atoms with Gasteiger partial charge in [-0.15, -0.1) is 0 Å². The molecule has 2 rings (SSSR count). The molecule has 0 aromatic heterocycles. The van der Waals surface area contributed by atoms with E-state index in [1.165, 1.54) is 12.1 Å². The van der Waals surface area contributed by atoms with E-state index in [0.717, 1.165) is 16.8 Å². The number of amides is 2. The fourth-order valence-electron chi connectivity index (χ4n) is 1.94. The molecule has 28 heavy (non-hydrogen) atoms. The lowest BCUT2D eigenvalue weighted by molar-refractivity contribution is -0.125. The van der Waals surface area contributed by atoms with Crippen LogP contribution in [0.4, 0.5) is 0 Å². The molecule has 0 atom stereocenters. The monoisotopic (exact) mass is 488 g/mol. The van der Waals surface area contributed by atoms with E-state index in [4.69, 9.17) is 16.3 Å². The van der Waals surface area contributed by atoms with Gasteiger partial charge in [0, 0.05) is 16.3 Å². The summed E-state index contributed by atoms with van der Waals surface area (Å²) in [5.74, 6) is -2.34. The van der Waals surface area contributed by atoms with Crippen LogP contribution in [-0.4, -0.2) is 39.1 Å². The van der Waals surface area contributed by atoms with Gasteiger partial charge < -0.3 is 4.74 Å². The van der Waals surface area contributed by atoms with Crippen LogP contribution in [0, 0.1) is 0 Å². The Hall–Kier alpha value is -2.43. The normalized spacial score (nSPS) is 10.8. The van der Waals surface area contributed by atoms with Gasteiger partial charge in [0.05, 0.1) is 15.5 Å². The summed E-state index contributed by atoms with van der Waals surface area (Å²) in [5.41, 5.74) is 4.38. The summed E-state index contributed by atoms with van der Waals surface area (Å²) in [6.45, 7) is -0.709. The van der Waals surface area contributed by atoms with Crippen LogP contribution in [0.5, 0.6) is 0 Å². The van der Waals surface area contributed by atoms with Gasteiger partial charge in [-0.3, -0.25) is 20.4 Å². The van der Waals surface area contributed by atoms with Crippen molar-refractivity contribution in [1.82, 2.24) is 10.9 Å². The Kier molecular flexibility index (Phi) is 7.17. The molecule has 0 aliphatic heterocycles. The molecular formula is C17H14BrClN2O6S. The molecule has 148 valence electrons. The predicted octanol–water partition coefficient (Wildman–Crippen LogP) is 2.12. The van der Waals surface area contributed by atoms with Gasteiger partial charge in [0.15, 0.2) is 16.4 Å². The van der Waals surface area contributed by atoms with Gasteiger partial charge in [0.25, 0.3) is 11.8 Å². The highest BCUT2D eigenvalue weighted by Gasteiger charge is 2.18. The third-order valence-corrected chi connectivity index (χ3v) is 5.31. The zero-order valence-electron chi connectivity index (χ0n) is 14.4. The second-order valence-corrected chi connectivity index (χ2v) is 8.84. The van der Waals surface area contributed by atoms with Crippen LogP contribution in [0.1, 0.15) is 20.7 Å². The highest BCUT2D eigenvalue weighted by atomic mass is 79.9. The molecule has 0 heterocycles. The van der Waals surface area contributed by atoms with Crippen LogP contribution in [0.3, 0.4) is 0 Å². The first-order valence-corrected chi connectivity index (χ1v) is 10.7. The van der Waals surface area contributed by atoms with Gasteiger partial charge in [-0.1, -0.05) is 27.5 Å². The summed E-state index contributed by atoms with van der Waals surface area (Å²) >= 11 is 9.12. The van der Waals surface area contributed by atoms with E-state index < -0.39 is 34.2 Å². The van der Waals surface area contributed by atoms with Crippen LogP contribution in [0.25, 0.3) is 0 Å². The van der Waals surface area contributed by atoms with Crippen molar-refractivity contribution in [3.05, 3.63) is 63.1 Å². The zero-order valence-corrected chi connectivity index (χ0v) is 17.5. The van der Waals surface area contributed by atoms with Gasteiger partial charge in [-0.05, 0) is 42.5 Å². The molecule has 0 spiro atoms. The molecule has 0 aliphatic carbocycles. The largest absolute Gasteiger partial charge is 0.452 e. The minimum atomic E-state index is -3.55. The van der Waals surface area contributed by atoms with Gasteiger partial charge in [-0.2, -0.15) is 0 Å². The number of carbonyl (C=O) groups is 3. The van der Waals surface area contributed by atoms with Crippen molar-refractivity contribution in [1.29, 1.82) is 0 Å². The average molecular weight is 490 g/mol. The molecule has 0 fully saturated rings. The number of hydrazine groups is 1. The van der Waals surface area contributed by atoms with Crippen molar-refractivity contribution >= 4 is 55.2 Å². The van der Waals surface area contributed by atoms with Crippen molar-refractivity contribution in [2.45, 2.75) is 4.90 Å². The molecule has 0 saturated heterocycles. The average Bonchev–Trinajstić information content (AvgIpc) is 2.64. The van der Waals surface area contributed by atoms with Gasteiger partial charge in [0.1, 0.15) is 0 Å². The topological polar surface area (TPSA) is 119 Å². The molecule has 0 saturated carbocycles. The quantitative estimate of drug-likeness (QED) is 0.491. The van der Waals surface area contributed by atoms with Gasteiger partial charge in [0.2, 0.25) is 0 Å². The van der Waals surface area contributed by atoms with Crippen LogP contribution < -0.4 is 10.9 Å². The number of rotatable bonds is 5. The maximum absolute atomic E-state index is 12.1. The van der Waals surface area contributed by atoms with E-state index in [-0.39, 0.29) is 15.5 Å². The summed E-state index contributed by atoms with van der Waals surface area (Å²) in [4.78, 5) is 35.6.